The molecule has 1 rings (SSSR count). The molecule has 0 aliphatic carbocycles. The van der Waals surface area contributed by atoms with Crippen LogP contribution in [0.1, 0.15) is 19.8 Å². The quantitative estimate of drug-likeness (QED) is 0.733. The van der Waals surface area contributed by atoms with Crippen LogP contribution in [0.3, 0.4) is 0 Å². The van der Waals surface area contributed by atoms with Gasteiger partial charge in [-0.15, -0.1) is 12.4 Å². The van der Waals surface area contributed by atoms with Crippen molar-refractivity contribution in [3.05, 3.63) is 0 Å². The highest BCUT2D eigenvalue weighted by Gasteiger charge is 2.28. The average molecular weight is 266 g/mol. The number of nitrogens with one attached hydrogen (secondary N) is 1. The Kier molecular flexibility index (Phi) is 8.51. The van der Waals surface area contributed by atoms with E-state index < -0.39 is 0 Å². The Labute approximate surface area is 109 Å². The first-order valence-electron chi connectivity index (χ1n) is 5.94. The molecular weight excluding hydrogens is 242 g/mol. The molecule has 0 aromatic carbocycles. The van der Waals surface area contributed by atoms with Gasteiger partial charge < -0.3 is 15.8 Å². The van der Waals surface area contributed by atoms with Crippen LogP contribution in [-0.4, -0.2) is 56.2 Å². The molecular formula is C11H24ClN3O2. The second-order valence-corrected chi connectivity index (χ2v) is 4.20. The highest BCUT2D eigenvalue weighted by atomic mass is 35.5. The Morgan fingerprint density at radius 1 is 1.59 bits per heavy atom. The van der Waals surface area contributed by atoms with Gasteiger partial charge in [-0.3, -0.25) is 9.69 Å². The van der Waals surface area contributed by atoms with Crippen molar-refractivity contribution in [2.75, 3.05) is 33.3 Å². The number of nitrogens with zero attached hydrogens (tertiary/aromatic N) is 1. The van der Waals surface area contributed by atoms with Crippen LogP contribution >= 0.6 is 12.4 Å². The van der Waals surface area contributed by atoms with Crippen molar-refractivity contribution in [3.63, 3.8) is 0 Å². The van der Waals surface area contributed by atoms with Crippen molar-refractivity contribution >= 4 is 18.3 Å². The summed E-state index contributed by atoms with van der Waals surface area (Å²) in [5, 5.41) is 2.81. The molecule has 3 N–H and O–H groups in total. The summed E-state index contributed by atoms with van der Waals surface area (Å²) in [5.74, 6) is 0.0804. The fraction of sp³-hybridized carbons (Fsp3) is 0.909. The van der Waals surface area contributed by atoms with Gasteiger partial charge in [0.15, 0.2) is 0 Å². The molecule has 17 heavy (non-hydrogen) atoms. The van der Waals surface area contributed by atoms with E-state index in [1.807, 2.05) is 6.92 Å². The zero-order chi connectivity index (χ0) is 12.0. The topological polar surface area (TPSA) is 67.6 Å². The van der Waals surface area contributed by atoms with Crippen LogP contribution in [0.5, 0.6) is 0 Å². The number of carbonyl (C=O) groups is 1. The first-order chi connectivity index (χ1) is 7.71. The Hall–Kier alpha value is -0.360. The third-order valence-corrected chi connectivity index (χ3v) is 3.12. The number of amides is 1. The minimum absolute atomic E-state index is 0. The SMILES string of the molecule is CCNC(=O)CN1CCC(OC)CC1CN.Cl. The number of halogens is 1. The maximum atomic E-state index is 11.5. The van der Waals surface area contributed by atoms with Crippen LogP contribution in [0.4, 0.5) is 0 Å². The van der Waals surface area contributed by atoms with E-state index in [1.54, 1.807) is 7.11 Å². The van der Waals surface area contributed by atoms with E-state index in [4.69, 9.17) is 10.5 Å². The number of likely N-dealkylation sites (N-methyl/N-ethyl adjacent to an activating group) is 1. The molecule has 1 aliphatic heterocycles. The molecule has 2 unspecified atom stereocenters. The number of rotatable bonds is 5. The number of likely N-dealkylation sites (tertiary alicyclic amines) is 1. The molecule has 1 saturated heterocycles. The molecule has 5 nitrogen and oxygen atoms in total. The van der Waals surface area contributed by atoms with Crippen LogP contribution < -0.4 is 11.1 Å². The standard InChI is InChI=1S/C11H23N3O2.ClH/c1-3-13-11(15)8-14-5-4-10(16-2)6-9(14)7-12;/h9-10H,3-8,12H2,1-2H3,(H,13,15);1H. The van der Waals surface area contributed by atoms with E-state index >= 15 is 0 Å². The Morgan fingerprint density at radius 3 is 2.82 bits per heavy atom. The molecule has 2 atom stereocenters. The second-order valence-electron chi connectivity index (χ2n) is 4.20. The number of nitrogens with two attached hydrogens (primary N) is 1. The van der Waals surface area contributed by atoms with Crippen LogP contribution in [0.25, 0.3) is 0 Å². The van der Waals surface area contributed by atoms with Crippen molar-refractivity contribution in [2.24, 2.45) is 5.73 Å². The van der Waals surface area contributed by atoms with E-state index in [-0.39, 0.29) is 24.4 Å². The normalized spacial score (nSPS) is 25.1. The third-order valence-electron chi connectivity index (χ3n) is 3.12. The number of piperidine rings is 1. The predicted molar refractivity (Wildman–Crippen MR) is 70.4 cm³/mol. The van der Waals surface area contributed by atoms with E-state index in [9.17, 15) is 4.79 Å². The van der Waals surface area contributed by atoms with Gasteiger partial charge in [-0.05, 0) is 19.8 Å². The molecule has 1 heterocycles. The Balaban J connectivity index is 0.00000256. The number of carbonyl (C=O) groups excluding carboxylic acids is 1. The van der Waals surface area contributed by atoms with Crippen LogP contribution in [0.15, 0.2) is 0 Å². The van der Waals surface area contributed by atoms with E-state index in [2.05, 4.69) is 10.2 Å². The summed E-state index contributed by atoms with van der Waals surface area (Å²) in [6.45, 7) is 4.53. The van der Waals surface area contributed by atoms with E-state index in [0.29, 0.717) is 25.7 Å². The smallest absolute Gasteiger partial charge is 0.234 e. The molecule has 0 bridgehead atoms. The van der Waals surface area contributed by atoms with Gasteiger partial charge in [0.2, 0.25) is 5.91 Å². The molecule has 0 aromatic heterocycles. The lowest BCUT2D eigenvalue weighted by Crippen LogP contribution is -2.51. The van der Waals surface area contributed by atoms with Crippen LogP contribution in [0, 0.1) is 0 Å². The summed E-state index contributed by atoms with van der Waals surface area (Å²) in [6, 6.07) is 0.265. The van der Waals surface area contributed by atoms with E-state index in [1.165, 1.54) is 0 Å². The summed E-state index contributed by atoms with van der Waals surface area (Å²) in [6.07, 6.45) is 2.19. The third kappa shape index (κ3) is 5.21. The molecule has 0 saturated carbocycles. The first-order valence-corrected chi connectivity index (χ1v) is 5.94. The van der Waals surface area contributed by atoms with Gasteiger partial charge in [-0.2, -0.15) is 0 Å². The van der Waals surface area contributed by atoms with Crippen molar-refractivity contribution < 1.29 is 9.53 Å². The number of ether oxygens (including phenoxy) is 1. The molecule has 1 fully saturated rings. The van der Waals surface area contributed by atoms with Crippen molar-refractivity contribution in [2.45, 2.75) is 31.9 Å². The highest BCUT2D eigenvalue weighted by molar-refractivity contribution is 5.85. The Morgan fingerprint density at radius 2 is 2.29 bits per heavy atom. The second kappa shape index (κ2) is 8.69. The molecule has 1 amide bonds. The maximum Gasteiger partial charge on any atom is 0.234 e. The fourth-order valence-electron chi connectivity index (χ4n) is 2.17. The summed E-state index contributed by atoms with van der Waals surface area (Å²) in [4.78, 5) is 13.7. The molecule has 0 aromatic rings. The summed E-state index contributed by atoms with van der Waals surface area (Å²) < 4.78 is 5.34. The fourth-order valence-corrected chi connectivity index (χ4v) is 2.17. The molecule has 0 radical (unpaired) electrons. The maximum absolute atomic E-state index is 11.5. The van der Waals surface area contributed by atoms with Gasteiger partial charge in [-0.25, -0.2) is 0 Å². The highest BCUT2D eigenvalue weighted by Crippen LogP contribution is 2.18. The lowest BCUT2D eigenvalue weighted by Gasteiger charge is -2.37. The lowest BCUT2D eigenvalue weighted by atomic mass is 9.99. The van der Waals surface area contributed by atoms with E-state index in [0.717, 1.165) is 19.4 Å². The minimum atomic E-state index is 0. The minimum Gasteiger partial charge on any atom is -0.381 e. The summed E-state index contributed by atoms with van der Waals surface area (Å²) in [5.41, 5.74) is 5.73. The predicted octanol–water partition coefficient (Wildman–Crippen LogP) is -0.0176. The lowest BCUT2D eigenvalue weighted by molar-refractivity contribution is -0.123. The van der Waals surface area contributed by atoms with Crippen LogP contribution in [0.2, 0.25) is 0 Å². The first kappa shape index (κ1) is 16.6. The van der Waals surface area contributed by atoms with Gasteiger partial charge in [-0.1, -0.05) is 0 Å². The molecule has 0 spiro atoms. The van der Waals surface area contributed by atoms with Gasteiger partial charge in [0.05, 0.1) is 12.6 Å². The molecule has 6 heteroatoms. The zero-order valence-corrected chi connectivity index (χ0v) is 11.5. The number of hydrogen-bond donors (Lipinski definition) is 2. The average Bonchev–Trinajstić information content (AvgIpc) is 2.30. The van der Waals surface area contributed by atoms with Crippen molar-refractivity contribution in [1.82, 2.24) is 10.2 Å². The summed E-state index contributed by atoms with van der Waals surface area (Å²) in [7, 11) is 1.73. The van der Waals surface area contributed by atoms with Crippen molar-refractivity contribution in [1.29, 1.82) is 0 Å². The van der Waals surface area contributed by atoms with Crippen LogP contribution in [-0.2, 0) is 9.53 Å². The zero-order valence-electron chi connectivity index (χ0n) is 10.6. The van der Waals surface area contributed by atoms with Gasteiger partial charge in [0, 0.05) is 32.8 Å². The van der Waals surface area contributed by atoms with Gasteiger partial charge in [0.25, 0.3) is 0 Å². The molecule has 1 aliphatic rings. The number of methoxy groups -OCH3 is 1. The summed E-state index contributed by atoms with van der Waals surface area (Å²) >= 11 is 0. The largest absolute Gasteiger partial charge is 0.381 e. The van der Waals surface area contributed by atoms with Gasteiger partial charge >= 0.3 is 0 Å². The number of hydrogen-bond acceptors (Lipinski definition) is 4. The Bertz CT molecular complexity index is 229. The molecule has 102 valence electrons. The van der Waals surface area contributed by atoms with Gasteiger partial charge in [0.1, 0.15) is 0 Å². The van der Waals surface area contributed by atoms with Crippen molar-refractivity contribution in [3.8, 4) is 0 Å². The monoisotopic (exact) mass is 265 g/mol.